The SMILES string of the molecule is O=C(NCc1cccnc1)C1(F)CCCC1. The second-order valence-electron chi connectivity index (χ2n) is 4.22. The van der Waals surface area contributed by atoms with Crippen LogP contribution in [0, 0.1) is 0 Å². The van der Waals surface area contributed by atoms with Gasteiger partial charge < -0.3 is 5.32 Å². The van der Waals surface area contributed by atoms with E-state index in [4.69, 9.17) is 0 Å². The van der Waals surface area contributed by atoms with E-state index in [2.05, 4.69) is 10.3 Å². The monoisotopic (exact) mass is 222 g/mol. The molecular weight excluding hydrogens is 207 g/mol. The summed E-state index contributed by atoms with van der Waals surface area (Å²) in [5.74, 6) is -0.478. The van der Waals surface area contributed by atoms with Crippen molar-refractivity contribution < 1.29 is 9.18 Å². The van der Waals surface area contributed by atoms with E-state index in [0.29, 0.717) is 19.4 Å². The van der Waals surface area contributed by atoms with Gasteiger partial charge in [0.05, 0.1) is 0 Å². The predicted molar refractivity (Wildman–Crippen MR) is 58.4 cm³/mol. The summed E-state index contributed by atoms with van der Waals surface area (Å²) in [5.41, 5.74) is -0.750. The van der Waals surface area contributed by atoms with Gasteiger partial charge in [-0.1, -0.05) is 6.07 Å². The highest BCUT2D eigenvalue weighted by molar-refractivity contribution is 5.85. The molecule has 1 heterocycles. The Morgan fingerprint density at radius 1 is 1.50 bits per heavy atom. The molecule has 1 aliphatic carbocycles. The Morgan fingerprint density at radius 3 is 2.88 bits per heavy atom. The van der Waals surface area contributed by atoms with Gasteiger partial charge in [0.2, 0.25) is 0 Å². The molecule has 0 aromatic carbocycles. The van der Waals surface area contributed by atoms with Crippen molar-refractivity contribution in [3.63, 3.8) is 0 Å². The number of nitrogens with one attached hydrogen (secondary N) is 1. The first-order valence-electron chi connectivity index (χ1n) is 5.57. The third-order valence-corrected chi connectivity index (χ3v) is 2.98. The molecule has 1 amide bonds. The van der Waals surface area contributed by atoms with Crippen molar-refractivity contribution in [1.82, 2.24) is 10.3 Å². The van der Waals surface area contributed by atoms with Crippen molar-refractivity contribution in [2.75, 3.05) is 0 Å². The lowest BCUT2D eigenvalue weighted by molar-refractivity contribution is -0.132. The van der Waals surface area contributed by atoms with E-state index >= 15 is 0 Å². The minimum Gasteiger partial charge on any atom is -0.349 e. The quantitative estimate of drug-likeness (QED) is 0.849. The van der Waals surface area contributed by atoms with Crippen molar-refractivity contribution in [1.29, 1.82) is 0 Å². The highest BCUT2D eigenvalue weighted by atomic mass is 19.1. The molecule has 1 saturated carbocycles. The molecule has 0 spiro atoms. The van der Waals surface area contributed by atoms with Gasteiger partial charge in [0.1, 0.15) is 0 Å². The second kappa shape index (κ2) is 4.60. The fraction of sp³-hybridized carbons (Fsp3) is 0.500. The van der Waals surface area contributed by atoms with E-state index < -0.39 is 11.6 Å². The van der Waals surface area contributed by atoms with Crippen LogP contribution >= 0.6 is 0 Å². The van der Waals surface area contributed by atoms with Crippen LogP contribution in [-0.4, -0.2) is 16.6 Å². The maximum absolute atomic E-state index is 14.0. The topological polar surface area (TPSA) is 42.0 Å². The Hall–Kier alpha value is -1.45. The molecule has 0 unspecified atom stereocenters. The molecule has 0 aliphatic heterocycles. The molecule has 2 rings (SSSR count). The molecule has 4 heteroatoms. The number of pyridine rings is 1. The number of aromatic nitrogens is 1. The summed E-state index contributed by atoms with van der Waals surface area (Å²) in [6.45, 7) is 0.346. The van der Waals surface area contributed by atoms with Gasteiger partial charge in [-0.25, -0.2) is 4.39 Å². The number of halogens is 1. The Labute approximate surface area is 94.1 Å². The Kier molecular flexibility index (Phi) is 3.17. The van der Waals surface area contributed by atoms with E-state index in [9.17, 15) is 9.18 Å². The van der Waals surface area contributed by atoms with E-state index in [-0.39, 0.29) is 0 Å². The average molecular weight is 222 g/mol. The van der Waals surface area contributed by atoms with Gasteiger partial charge >= 0.3 is 0 Å². The maximum atomic E-state index is 14.0. The number of carbonyl (C=O) groups is 1. The van der Waals surface area contributed by atoms with Gasteiger partial charge in [-0.3, -0.25) is 9.78 Å². The van der Waals surface area contributed by atoms with Crippen molar-refractivity contribution in [2.24, 2.45) is 0 Å². The number of carbonyl (C=O) groups excluding carboxylic acids is 1. The van der Waals surface area contributed by atoms with Crippen LogP contribution in [0.25, 0.3) is 0 Å². The number of rotatable bonds is 3. The molecule has 0 saturated heterocycles. The molecule has 0 bridgehead atoms. The Balaban J connectivity index is 1.89. The first-order chi connectivity index (χ1) is 7.71. The largest absolute Gasteiger partial charge is 0.349 e. The zero-order chi connectivity index (χ0) is 11.4. The van der Waals surface area contributed by atoms with Crippen LogP contribution in [0.4, 0.5) is 4.39 Å². The molecule has 86 valence electrons. The van der Waals surface area contributed by atoms with Crippen molar-refractivity contribution >= 4 is 5.91 Å². The number of nitrogens with zero attached hydrogens (tertiary/aromatic N) is 1. The van der Waals surface area contributed by atoms with Gasteiger partial charge in [-0.2, -0.15) is 0 Å². The summed E-state index contributed by atoms with van der Waals surface area (Å²) in [6, 6.07) is 3.65. The molecule has 0 radical (unpaired) electrons. The minimum atomic E-state index is -1.64. The smallest absolute Gasteiger partial charge is 0.257 e. The van der Waals surface area contributed by atoms with Crippen LogP contribution < -0.4 is 5.32 Å². The summed E-state index contributed by atoms with van der Waals surface area (Å²) in [7, 11) is 0. The van der Waals surface area contributed by atoms with Crippen molar-refractivity contribution in [3.05, 3.63) is 30.1 Å². The first kappa shape index (κ1) is 11.0. The summed E-state index contributed by atoms with van der Waals surface area (Å²) in [6.07, 6.45) is 5.64. The van der Waals surface area contributed by atoms with Crippen LogP contribution in [0.5, 0.6) is 0 Å². The third-order valence-electron chi connectivity index (χ3n) is 2.98. The average Bonchev–Trinajstić information content (AvgIpc) is 2.76. The first-order valence-corrected chi connectivity index (χ1v) is 5.57. The summed E-state index contributed by atoms with van der Waals surface area (Å²) in [5, 5.41) is 2.63. The van der Waals surface area contributed by atoms with E-state index in [0.717, 1.165) is 18.4 Å². The molecule has 1 fully saturated rings. The number of alkyl halides is 1. The highest BCUT2D eigenvalue weighted by Gasteiger charge is 2.40. The zero-order valence-corrected chi connectivity index (χ0v) is 9.08. The zero-order valence-electron chi connectivity index (χ0n) is 9.08. The summed E-state index contributed by atoms with van der Waals surface area (Å²) >= 11 is 0. The lowest BCUT2D eigenvalue weighted by Crippen LogP contribution is -2.40. The van der Waals surface area contributed by atoms with E-state index in [1.807, 2.05) is 6.07 Å². The van der Waals surface area contributed by atoms with Crippen molar-refractivity contribution in [2.45, 2.75) is 37.9 Å². The molecular formula is C12H15FN2O. The van der Waals surface area contributed by atoms with Gasteiger partial charge in [-0.15, -0.1) is 0 Å². The van der Waals surface area contributed by atoms with Crippen LogP contribution in [0.1, 0.15) is 31.2 Å². The van der Waals surface area contributed by atoms with Crippen LogP contribution in [0.3, 0.4) is 0 Å². The fourth-order valence-corrected chi connectivity index (χ4v) is 2.01. The molecule has 1 aromatic heterocycles. The van der Waals surface area contributed by atoms with Crippen LogP contribution in [0.15, 0.2) is 24.5 Å². The van der Waals surface area contributed by atoms with E-state index in [1.54, 1.807) is 18.5 Å². The number of hydrogen-bond acceptors (Lipinski definition) is 2. The molecule has 16 heavy (non-hydrogen) atoms. The van der Waals surface area contributed by atoms with Gasteiger partial charge in [0.15, 0.2) is 5.67 Å². The van der Waals surface area contributed by atoms with E-state index in [1.165, 1.54) is 0 Å². The summed E-state index contributed by atoms with van der Waals surface area (Å²) in [4.78, 5) is 15.6. The second-order valence-corrected chi connectivity index (χ2v) is 4.22. The number of amides is 1. The molecule has 1 aliphatic rings. The molecule has 0 atom stereocenters. The van der Waals surface area contributed by atoms with Crippen LogP contribution in [-0.2, 0) is 11.3 Å². The minimum absolute atomic E-state index is 0.346. The summed E-state index contributed by atoms with van der Waals surface area (Å²) < 4.78 is 14.0. The highest BCUT2D eigenvalue weighted by Crippen LogP contribution is 2.33. The van der Waals surface area contributed by atoms with Crippen molar-refractivity contribution in [3.8, 4) is 0 Å². The Morgan fingerprint density at radius 2 is 2.25 bits per heavy atom. The molecule has 1 aromatic rings. The molecule has 3 nitrogen and oxygen atoms in total. The fourth-order valence-electron chi connectivity index (χ4n) is 2.01. The Bertz CT molecular complexity index is 361. The van der Waals surface area contributed by atoms with Gasteiger partial charge in [0, 0.05) is 18.9 Å². The normalized spacial score (nSPS) is 18.3. The van der Waals surface area contributed by atoms with Gasteiger partial charge in [-0.05, 0) is 37.3 Å². The lowest BCUT2D eigenvalue weighted by atomic mass is 10.0. The maximum Gasteiger partial charge on any atom is 0.257 e. The van der Waals surface area contributed by atoms with Gasteiger partial charge in [0.25, 0.3) is 5.91 Å². The number of hydrogen-bond donors (Lipinski definition) is 1. The van der Waals surface area contributed by atoms with Crippen LogP contribution in [0.2, 0.25) is 0 Å². The third kappa shape index (κ3) is 2.38. The molecule has 1 N–H and O–H groups in total. The predicted octanol–water partition coefficient (Wildman–Crippen LogP) is 1.98. The standard InChI is InChI=1S/C12H15FN2O/c13-12(5-1-2-6-12)11(16)15-9-10-4-3-7-14-8-10/h3-4,7-8H,1-2,5-6,9H2,(H,15,16). The lowest BCUT2D eigenvalue weighted by Gasteiger charge is -2.17.